The lowest BCUT2D eigenvalue weighted by Gasteiger charge is -2.10. The Hall–Kier alpha value is -3.28. The molecule has 0 aliphatic rings. The van der Waals surface area contributed by atoms with Crippen molar-refractivity contribution < 1.29 is 9.47 Å². The van der Waals surface area contributed by atoms with Crippen molar-refractivity contribution in [2.75, 3.05) is 37.9 Å². The van der Waals surface area contributed by atoms with E-state index in [-0.39, 0.29) is 0 Å². The van der Waals surface area contributed by atoms with Crippen molar-refractivity contribution in [3.63, 3.8) is 0 Å². The van der Waals surface area contributed by atoms with Gasteiger partial charge in [-0.1, -0.05) is 24.3 Å². The predicted molar refractivity (Wildman–Crippen MR) is 112 cm³/mol. The van der Waals surface area contributed by atoms with E-state index >= 15 is 0 Å². The van der Waals surface area contributed by atoms with Crippen molar-refractivity contribution in [2.45, 2.75) is 12.8 Å². The van der Waals surface area contributed by atoms with Gasteiger partial charge in [0.2, 0.25) is 0 Å². The van der Waals surface area contributed by atoms with E-state index in [1.165, 1.54) is 11.1 Å². The highest BCUT2D eigenvalue weighted by atomic mass is 16.5. The maximum atomic E-state index is 5.26. The van der Waals surface area contributed by atoms with Crippen LogP contribution in [0.1, 0.15) is 11.1 Å². The monoisotopic (exact) mass is 378 g/mol. The van der Waals surface area contributed by atoms with Gasteiger partial charge in [-0.3, -0.25) is 0 Å². The average molecular weight is 378 g/mol. The van der Waals surface area contributed by atoms with E-state index in [1.807, 2.05) is 42.5 Å². The molecule has 0 spiro atoms. The first-order valence-electron chi connectivity index (χ1n) is 9.32. The zero-order valence-electron chi connectivity index (χ0n) is 16.3. The molecule has 6 nitrogen and oxygen atoms in total. The summed E-state index contributed by atoms with van der Waals surface area (Å²) in [5.74, 6) is 3.37. The molecular weight excluding hydrogens is 352 g/mol. The van der Waals surface area contributed by atoms with Crippen LogP contribution in [-0.2, 0) is 12.8 Å². The highest BCUT2D eigenvalue weighted by Gasteiger charge is 2.01. The Labute approximate surface area is 166 Å². The molecule has 0 atom stereocenters. The molecule has 2 N–H and O–H groups in total. The van der Waals surface area contributed by atoms with Crippen molar-refractivity contribution in [1.29, 1.82) is 0 Å². The average Bonchev–Trinajstić information content (AvgIpc) is 2.74. The summed E-state index contributed by atoms with van der Waals surface area (Å²) in [6.07, 6.45) is 3.35. The number of hydrogen-bond acceptors (Lipinski definition) is 6. The third-order valence-electron chi connectivity index (χ3n) is 4.37. The minimum absolute atomic E-state index is 0.785. The van der Waals surface area contributed by atoms with Gasteiger partial charge >= 0.3 is 0 Å². The van der Waals surface area contributed by atoms with Crippen LogP contribution in [0.25, 0.3) is 0 Å². The molecule has 1 aromatic heterocycles. The molecule has 0 fully saturated rings. The fourth-order valence-corrected chi connectivity index (χ4v) is 2.88. The number of ether oxygens (including phenoxy) is 2. The van der Waals surface area contributed by atoms with Crippen molar-refractivity contribution in [2.24, 2.45) is 0 Å². The normalized spacial score (nSPS) is 10.4. The maximum Gasteiger partial charge on any atom is 0.131 e. The fourth-order valence-electron chi connectivity index (χ4n) is 2.88. The van der Waals surface area contributed by atoms with Crippen molar-refractivity contribution in [3.05, 3.63) is 72.1 Å². The zero-order valence-corrected chi connectivity index (χ0v) is 16.3. The fraction of sp³-hybridized carbons (Fsp3) is 0.273. The smallest absolute Gasteiger partial charge is 0.131 e. The summed E-state index contributed by atoms with van der Waals surface area (Å²) >= 11 is 0. The minimum atomic E-state index is 0.785. The van der Waals surface area contributed by atoms with Gasteiger partial charge in [0.25, 0.3) is 0 Å². The van der Waals surface area contributed by atoms with Crippen LogP contribution in [0, 0.1) is 0 Å². The van der Waals surface area contributed by atoms with E-state index in [0.717, 1.165) is 49.1 Å². The van der Waals surface area contributed by atoms with Gasteiger partial charge in [0, 0.05) is 19.2 Å². The van der Waals surface area contributed by atoms with Crippen LogP contribution >= 0.6 is 0 Å². The molecule has 0 bridgehead atoms. The topological polar surface area (TPSA) is 68.3 Å². The largest absolute Gasteiger partial charge is 0.497 e. The Morgan fingerprint density at radius 2 is 1.21 bits per heavy atom. The number of rotatable bonds is 10. The molecule has 0 amide bonds. The van der Waals surface area contributed by atoms with Crippen LogP contribution in [0.15, 0.2) is 60.9 Å². The molecular formula is C22H26N4O2. The highest BCUT2D eigenvalue weighted by molar-refractivity contribution is 5.46. The van der Waals surface area contributed by atoms with E-state index in [2.05, 4.69) is 32.7 Å². The molecule has 3 rings (SSSR count). The summed E-state index contributed by atoms with van der Waals surface area (Å²) in [6, 6.07) is 18.1. The van der Waals surface area contributed by atoms with Gasteiger partial charge in [0.15, 0.2) is 0 Å². The Bertz CT molecular complexity index is 817. The third-order valence-corrected chi connectivity index (χ3v) is 4.37. The van der Waals surface area contributed by atoms with Crippen molar-refractivity contribution in [1.82, 2.24) is 9.97 Å². The second-order valence-corrected chi connectivity index (χ2v) is 6.35. The zero-order chi connectivity index (χ0) is 19.6. The van der Waals surface area contributed by atoms with Gasteiger partial charge in [-0.05, 0) is 48.2 Å². The first-order chi connectivity index (χ1) is 13.8. The summed E-state index contributed by atoms with van der Waals surface area (Å²) in [7, 11) is 3.36. The lowest BCUT2D eigenvalue weighted by molar-refractivity contribution is 0.414. The first-order valence-corrected chi connectivity index (χ1v) is 9.32. The molecule has 0 radical (unpaired) electrons. The Morgan fingerprint density at radius 3 is 1.68 bits per heavy atom. The van der Waals surface area contributed by atoms with Crippen molar-refractivity contribution in [3.8, 4) is 11.5 Å². The Morgan fingerprint density at radius 1 is 0.714 bits per heavy atom. The Balaban J connectivity index is 1.46. The number of benzene rings is 2. The van der Waals surface area contributed by atoms with Gasteiger partial charge < -0.3 is 20.1 Å². The Kier molecular flexibility index (Phi) is 7.07. The third kappa shape index (κ3) is 5.87. The summed E-state index contributed by atoms with van der Waals surface area (Å²) in [4.78, 5) is 8.58. The van der Waals surface area contributed by atoms with Crippen LogP contribution in [0.4, 0.5) is 11.6 Å². The lowest BCUT2D eigenvalue weighted by Crippen LogP contribution is -2.09. The molecule has 28 heavy (non-hydrogen) atoms. The van der Waals surface area contributed by atoms with Gasteiger partial charge in [-0.25, -0.2) is 9.97 Å². The first kappa shape index (κ1) is 19.5. The summed E-state index contributed by atoms with van der Waals surface area (Å²) in [6.45, 7) is 1.57. The molecule has 0 saturated carbocycles. The van der Waals surface area contributed by atoms with Gasteiger partial charge in [0.1, 0.15) is 29.5 Å². The molecule has 1 heterocycles. The van der Waals surface area contributed by atoms with E-state index in [9.17, 15) is 0 Å². The van der Waals surface area contributed by atoms with Crippen LogP contribution in [-0.4, -0.2) is 37.3 Å². The van der Waals surface area contributed by atoms with Gasteiger partial charge in [-0.15, -0.1) is 0 Å². The van der Waals surface area contributed by atoms with Crippen molar-refractivity contribution >= 4 is 11.6 Å². The summed E-state index contributed by atoms with van der Waals surface area (Å²) < 4.78 is 10.5. The SMILES string of the molecule is COc1cccc(CCNc2cc(NCCc3cccc(OC)c3)ncn2)c1. The van der Waals surface area contributed by atoms with E-state index in [4.69, 9.17) is 9.47 Å². The van der Waals surface area contributed by atoms with E-state index in [0.29, 0.717) is 0 Å². The second kappa shape index (κ2) is 10.2. The molecule has 2 aromatic carbocycles. The molecule has 0 saturated heterocycles. The van der Waals surface area contributed by atoms with E-state index < -0.39 is 0 Å². The molecule has 0 aliphatic heterocycles. The number of anilines is 2. The van der Waals surface area contributed by atoms with Crippen LogP contribution in [0.5, 0.6) is 11.5 Å². The quantitative estimate of drug-likeness (QED) is 0.559. The van der Waals surface area contributed by atoms with Crippen LogP contribution < -0.4 is 20.1 Å². The van der Waals surface area contributed by atoms with E-state index in [1.54, 1.807) is 20.5 Å². The standard InChI is InChI=1S/C22H26N4O2/c1-27-19-7-3-5-17(13-19)9-11-23-21-15-22(26-16-25-21)24-12-10-18-6-4-8-20(14-18)28-2/h3-8,13-16H,9-12H2,1-2H3,(H2,23,24,25,26). The summed E-state index contributed by atoms with van der Waals surface area (Å²) in [5, 5.41) is 6.69. The molecule has 3 aromatic rings. The number of nitrogens with one attached hydrogen (secondary N) is 2. The van der Waals surface area contributed by atoms with Crippen LogP contribution in [0.2, 0.25) is 0 Å². The molecule has 6 heteroatoms. The lowest BCUT2D eigenvalue weighted by atomic mass is 10.1. The minimum Gasteiger partial charge on any atom is -0.497 e. The summed E-state index contributed by atoms with van der Waals surface area (Å²) in [5.41, 5.74) is 2.44. The number of aromatic nitrogens is 2. The van der Waals surface area contributed by atoms with Gasteiger partial charge in [0.05, 0.1) is 14.2 Å². The number of nitrogens with zero attached hydrogens (tertiary/aromatic N) is 2. The second-order valence-electron chi connectivity index (χ2n) is 6.35. The maximum absolute atomic E-state index is 5.26. The molecule has 146 valence electrons. The van der Waals surface area contributed by atoms with Crippen LogP contribution in [0.3, 0.4) is 0 Å². The van der Waals surface area contributed by atoms with Gasteiger partial charge in [-0.2, -0.15) is 0 Å². The molecule has 0 unspecified atom stereocenters. The predicted octanol–water partition coefficient (Wildman–Crippen LogP) is 3.80. The number of methoxy groups -OCH3 is 2. The number of hydrogen-bond donors (Lipinski definition) is 2. The molecule has 0 aliphatic carbocycles. The highest BCUT2D eigenvalue weighted by Crippen LogP contribution is 2.15.